The van der Waals surface area contributed by atoms with E-state index in [1.807, 2.05) is 32.0 Å². The summed E-state index contributed by atoms with van der Waals surface area (Å²) in [5.74, 6) is -0.905. The Bertz CT molecular complexity index is 988. The first-order valence-electron chi connectivity index (χ1n) is 8.72. The highest BCUT2D eigenvalue weighted by atomic mass is 32.2. The molecule has 1 aliphatic rings. The molecule has 2 aromatic rings. The Morgan fingerprint density at radius 3 is 2.71 bits per heavy atom. The van der Waals surface area contributed by atoms with Crippen LogP contribution >= 0.6 is 24.0 Å². The largest absolute Gasteiger partial charge is 0.326 e. The van der Waals surface area contributed by atoms with Crippen molar-refractivity contribution in [2.24, 2.45) is 0 Å². The lowest BCUT2D eigenvalue weighted by molar-refractivity contribution is -0.122. The van der Waals surface area contributed by atoms with Crippen LogP contribution in [0.3, 0.4) is 0 Å². The van der Waals surface area contributed by atoms with Crippen LogP contribution in [0.15, 0.2) is 47.4 Å². The van der Waals surface area contributed by atoms with Gasteiger partial charge in [-0.05, 0) is 37.6 Å². The predicted molar refractivity (Wildman–Crippen MR) is 115 cm³/mol. The summed E-state index contributed by atoms with van der Waals surface area (Å²) in [4.78, 5) is 26.6. The molecule has 28 heavy (non-hydrogen) atoms. The molecule has 0 bridgehead atoms. The lowest BCUT2D eigenvalue weighted by atomic mass is 10.1. The fourth-order valence-corrected chi connectivity index (χ4v) is 4.11. The van der Waals surface area contributed by atoms with Crippen molar-refractivity contribution < 1.29 is 14.0 Å². The van der Waals surface area contributed by atoms with E-state index in [9.17, 15) is 14.0 Å². The van der Waals surface area contributed by atoms with Crippen LogP contribution in [0.25, 0.3) is 6.08 Å². The van der Waals surface area contributed by atoms with Crippen LogP contribution in [0, 0.1) is 19.7 Å². The van der Waals surface area contributed by atoms with E-state index in [-0.39, 0.29) is 24.8 Å². The minimum Gasteiger partial charge on any atom is -0.326 e. The number of nitrogens with one attached hydrogen (secondary N) is 1. The van der Waals surface area contributed by atoms with Crippen LogP contribution in [0.4, 0.5) is 10.1 Å². The third kappa shape index (κ3) is 4.66. The second kappa shape index (κ2) is 8.67. The number of amides is 2. The smallest absolute Gasteiger partial charge is 0.266 e. The van der Waals surface area contributed by atoms with E-state index in [1.165, 1.54) is 17.0 Å². The molecule has 1 aliphatic heterocycles. The zero-order valence-corrected chi connectivity index (χ0v) is 17.1. The molecular formula is C21H19FN2O2S2. The van der Waals surface area contributed by atoms with E-state index in [0.29, 0.717) is 14.8 Å². The Labute approximate surface area is 172 Å². The number of thiocarbonyl (C=S) groups is 1. The van der Waals surface area contributed by atoms with Gasteiger partial charge in [0, 0.05) is 24.2 Å². The average molecular weight is 415 g/mol. The summed E-state index contributed by atoms with van der Waals surface area (Å²) in [5, 5.41) is 2.86. The standard InChI is InChI=1S/C21H19FN2O2S2/c1-13-7-8-17(14(2)11-13)23-19(25)9-10-24-20(26)18(28-21(24)27)12-15-5-3-4-6-16(15)22/h3-8,11-12H,9-10H2,1-2H3,(H,23,25)/b18-12-. The molecule has 4 nitrogen and oxygen atoms in total. The van der Waals surface area contributed by atoms with Crippen LogP contribution in [-0.2, 0) is 9.59 Å². The number of hydrogen-bond acceptors (Lipinski definition) is 4. The Hall–Kier alpha value is -2.51. The Kier molecular flexibility index (Phi) is 6.26. The van der Waals surface area contributed by atoms with E-state index in [2.05, 4.69) is 5.32 Å². The summed E-state index contributed by atoms with van der Waals surface area (Å²) in [5.41, 5.74) is 3.18. The summed E-state index contributed by atoms with van der Waals surface area (Å²) in [6.07, 6.45) is 1.61. The van der Waals surface area contributed by atoms with E-state index >= 15 is 0 Å². The van der Waals surface area contributed by atoms with Crippen LogP contribution in [-0.4, -0.2) is 27.6 Å². The molecule has 1 fully saturated rings. The first-order valence-corrected chi connectivity index (χ1v) is 9.94. The molecule has 0 spiro atoms. The number of carbonyl (C=O) groups excluding carboxylic acids is 2. The Morgan fingerprint density at radius 2 is 2.00 bits per heavy atom. The number of carbonyl (C=O) groups is 2. The number of aryl methyl sites for hydroxylation is 2. The molecule has 2 amide bonds. The minimum atomic E-state index is -0.402. The van der Waals surface area contributed by atoms with Crippen molar-refractivity contribution in [2.75, 3.05) is 11.9 Å². The lowest BCUT2D eigenvalue weighted by Crippen LogP contribution is -2.31. The number of thioether (sulfide) groups is 1. The van der Waals surface area contributed by atoms with Gasteiger partial charge in [0.25, 0.3) is 5.91 Å². The summed E-state index contributed by atoms with van der Waals surface area (Å²) in [6, 6.07) is 12.0. The maximum Gasteiger partial charge on any atom is 0.266 e. The van der Waals surface area contributed by atoms with Gasteiger partial charge in [-0.3, -0.25) is 14.5 Å². The lowest BCUT2D eigenvalue weighted by Gasteiger charge is -2.15. The fourth-order valence-electron chi connectivity index (χ4n) is 2.81. The predicted octanol–water partition coefficient (Wildman–Crippen LogP) is 4.67. The number of rotatable bonds is 5. The van der Waals surface area contributed by atoms with Gasteiger partial charge in [0.15, 0.2) is 0 Å². The zero-order valence-electron chi connectivity index (χ0n) is 15.5. The SMILES string of the molecule is Cc1ccc(NC(=O)CCN2C(=O)/C(=C/c3ccccc3F)SC2=S)c(C)c1. The van der Waals surface area contributed by atoms with Crippen molar-refractivity contribution in [3.63, 3.8) is 0 Å². The molecular weight excluding hydrogens is 395 g/mol. The van der Waals surface area contributed by atoms with Crippen LogP contribution in [0.2, 0.25) is 0 Å². The molecule has 0 radical (unpaired) electrons. The fraction of sp³-hybridized carbons (Fsp3) is 0.190. The summed E-state index contributed by atoms with van der Waals surface area (Å²) < 4.78 is 14.2. The van der Waals surface area contributed by atoms with Crippen molar-refractivity contribution in [3.05, 3.63) is 69.9 Å². The first kappa shape index (κ1) is 20.2. The van der Waals surface area contributed by atoms with Gasteiger partial charge in [0.1, 0.15) is 10.1 Å². The summed E-state index contributed by atoms with van der Waals surface area (Å²) in [7, 11) is 0. The highest BCUT2D eigenvalue weighted by Crippen LogP contribution is 2.33. The molecule has 7 heteroatoms. The molecule has 0 saturated carbocycles. The Balaban J connectivity index is 1.63. The van der Waals surface area contributed by atoms with E-state index in [4.69, 9.17) is 12.2 Å². The van der Waals surface area contributed by atoms with Crippen LogP contribution in [0.1, 0.15) is 23.1 Å². The van der Waals surface area contributed by atoms with Gasteiger partial charge in [-0.25, -0.2) is 4.39 Å². The summed E-state index contributed by atoms with van der Waals surface area (Å²) in [6.45, 7) is 4.09. The average Bonchev–Trinajstić information content (AvgIpc) is 2.91. The maximum absolute atomic E-state index is 13.8. The van der Waals surface area contributed by atoms with Crippen molar-refractivity contribution in [3.8, 4) is 0 Å². The molecule has 2 aromatic carbocycles. The minimum absolute atomic E-state index is 0.118. The topological polar surface area (TPSA) is 49.4 Å². The second-order valence-corrected chi connectivity index (χ2v) is 8.15. The zero-order chi connectivity index (χ0) is 20.3. The molecule has 1 heterocycles. The third-order valence-corrected chi connectivity index (χ3v) is 5.66. The van der Waals surface area contributed by atoms with E-state index in [1.54, 1.807) is 18.2 Å². The quantitative estimate of drug-likeness (QED) is 0.570. The van der Waals surface area contributed by atoms with Gasteiger partial charge >= 0.3 is 0 Å². The maximum atomic E-state index is 13.8. The Morgan fingerprint density at radius 1 is 1.25 bits per heavy atom. The van der Waals surface area contributed by atoms with Gasteiger partial charge in [-0.2, -0.15) is 0 Å². The van der Waals surface area contributed by atoms with Gasteiger partial charge in [-0.1, -0.05) is 59.9 Å². The van der Waals surface area contributed by atoms with Crippen LogP contribution in [0.5, 0.6) is 0 Å². The third-order valence-electron chi connectivity index (χ3n) is 4.28. The molecule has 0 aliphatic carbocycles. The number of benzene rings is 2. The van der Waals surface area contributed by atoms with Crippen molar-refractivity contribution in [2.45, 2.75) is 20.3 Å². The second-order valence-electron chi connectivity index (χ2n) is 6.47. The summed E-state index contributed by atoms with van der Waals surface area (Å²) >= 11 is 6.38. The van der Waals surface area contributed by atoms with Crippen LogP contribution < -0.4 is 5.32 Å². The molecule has 144 valence electrons. The molecule has 1 N–H and O–H groups in total. The monoisotopic (exact) mass is 414 g/mol. The van der Waals surface area contributed by atoms with Gasteiger partial charge < -0.3 is 5.32 Å². The highest BCUT2D eigenvalue weighted by molar-refractivity contribution is 8.26. The molecule has 0 atom stereocenters. The molecule has 3 rings (SSSR count). The molecule has 0 unspecified atom stereocenters. The van der Waals surface area contributed by atoms with Crippen molar-refractivity contribution in [1.29, 1.82) is 0 Å². The number of nitrogens with zero attached hydrogens (tertiary/aromatic N) is 1. The number of halogens is 1. The van der Waals surface area contributed by atoms with E-state index in [0.717, 1.165) is 28.6 Å². The van der Waals surface area contributed by atoms with Gasteiger partial charge in [-0.15, -0.1) is 0 Å². The van der Waals surface area contributed by atoms with Gasteiger partial charge in [0.05, 0.1) is 4.91 Å². The van der Waals surface area contributed by atoms with Crippen molar-refractivity contribution in [1.82, 2.24) is 4.90 Å². The van der Waals surface area contributed by atoms with E-state index < -0.39 is 5.82 Å². The first-order chi connectivity index (χ1) is 13.3. The number of hydrogen-bond donors (Lipinski definition) is 1. The highest BCUT2D eigenvalue weighted by Gasteiger charge is 2.32. The van der Waals surface area contributed by atoms with Gasteiger partial charge in [0.2, 0.25) is 5.91 Å². The molecule has 0 aromatic heterocycles. The number of anilines is 1. The van der Waals surface area contributed by atoms with Crippen molar-refractivity contribution >= 4 is 51.9 Å². The molecule has 1 saturated heterocycles. The normalized spacial score (nSPS) is 15.4.